The van der Waals surface area contributed by atoms with Crippen LogP contribution in [0.5, 0.6) is 0 Å². The number of hydrogen-bond acceptors (Lipinski definition) is 2. The Balaban J connectivity index is 1.46. The molecule has 2 saturated heterocycles. The van der Waals surface area contributed by atoms with E-state index in [0.29, 0.717) is 25.3 Å². The second-order valence-electron chi connectivity index (χ2n) is 8.10. The van der Waals surface area contributed by atoms with E-state index in [4.69, 9.17) is 0 Å². The van der Waals surface area contributed by atoms with Crippen LogP contribution in [-0.4, -0.2) is 47.8 Å². The molecule has 2 aliphatic heterocycles. The predicted octanol–water partition coefficient (Wildman–Crippen LogP) is 2.92. The Morgan fingerprint density at radius 3 is 2.38 bits per heavy atom. The molecule has 4 nitrogen and oxygen atoms in total. The van der Waals surface area contributed by atoms with Crippen LogP contribution < -0.4 is 0 Å². The first-order valence-corrected chi connectivity index (χ1v) is 9.00. The van der Waals surface area contributed by atoms with E-state index in [1.165, 1.54) is 11.1 Å². The molecule has 0 N–H and O–H groups in total. The standard InChI is InChI=1S/C20H28N2O2/c1-20(2,3)17-8-6-15(7-9-17)16-13-22(14-16)19(24)10-12-21-11-4-5-18(21)23/h6-9,16H,4-5,10-14H2,1-3H3. The Hall–Kier alpha value is -1.84. The minimum Gasteiger partial charge on any atom is -0.342 e. The molecular weight excluding hydrogens is 300 g/mol. The summed E-state index contributed by atoms with van der Waals surface area (Å²) in [6.07, 6.45) is 2.04. The summed E-state index contributed by atoms with van der Waals surface area (Å²) < 4.78 is 0. The van der Waals surface area contributed by atoms with Crippen LogP contribution in [0.1, 0.15) is 57.1 Å². The molecule has 0 radical (unpaired) electrons. The van der Waals surface area contributed by atoms with Crippen molar-refractivity contribution in [2.45, 2.75) is 51.4 Å². The first-order valence-electron chi connectivity index (χ1n) is 9.00. The van der Waals surface area contributed by atoms with Crippen molar-refractivity contribution >= 4 is 11.8 Å². The molecule has 3 rings (SSSR count). The summed E-state index contributed by atoms with van der Waals surface area (Å²) in [5, 5.41) is 0. The molecule has 0 bridgehead atoms. The normalized spacial score (nSPS) is 18.9. The average Bonchev–Trinajstić information content (AvgIpc) is 2.88. The van der Waals surface area contributed by atoms with E-state index in [1.807, 2.05) is 9.80 Å². The van der Waals surface area contributed by atoms with Crippen LogP contribution in [0, 0.1) is 0 Å². The first kappa shape index (κ1) is 17.0. The number of amides is 2. The summed E-state index contributed by atoms with van der Waals surface area (Å²) in [4.78, 5) is 27.6. The van der Waals surface area contributed by atoms with Gasteiger partial charge in [0.15, 0.2) is 0 Å². The molecule has 130 valence electrons. The zero-order valence-electron chi connectivity index (χ0n) is 15.0. The summed E-state index contributed by atoms with van der Waals surface area (Å²) in [7, 11) is 0. The largest absolute Gasteiger partial charge is 0.342 e. The van der Waals surface area contributed by atoms with E-state index in [9.17, 15) is 9.59 Å². The van der Waals surface area contributed by atoms with Crippen molar-refractivity contribution in [3.05, 3.63) is 35.4 Å². The van der Waals surface area contributed by atoms with E-state index in [-0.39, 0.29) is 17.2 Å². The fraction of sp³-hybridized carbons (Fsp3) is 0.600. The number of benzene rings is 1. The third kappa shape index (κ3) is 3.63. The maximum atomic E-state index is 12.2. The van der Waals surface area contributed by atoms with Gasteiger partial charge in [0.2, 0.25) is 11.8 Å². The van der Waals surface area contributed by atoms with Gasteiger partial charge in [0.1, 0.15) is 0 Å². The second-order valence-corrected chi connectivity index (χ2v) is 8.10. The fourth-order valence-corrected chi connectivity index (χ4v) is 3.48. The smallest absolute Gasteiger partial charge is 0.224 e. The van der Waals surface area contributed by atoms with Gasteiger partial charge in [-0.05, 0) is 23.0 Å². The van der Waals surface area contributed by atoms with Gasteiger partial charge in [-0.1, -0.05) is 45.0 Å². The summed E-state index contributed by atoms with van der Waals surface area (Å²) in [6.45, 7) is 9.67. The fourth-order valence-electron chi connectivity index (χ4n) is 3.48. The SMILES string of the molecule is CC(C)(C)c1ccc(C2CN(C(=O)CCN3CCCC3=O)C2)cc1. The minimum absolute atomic E-state index is 0.174. The van der Waals surface area contributed by atoms with Crippen molar-refractivity contribution < 1.29 is 9.59 Å². The van der Waals surface area contributed by atoms with Crippen molar-refractivity contribution in [1.82, 2.24) is 9.80 Å². The highest BCUT2D eigenvalue weighted by atomic mass is 16.2. The topological polar surface area (TPSA) is 40.6 Å². The highest BCUT2D eigenvalue weighted by Gasteiger charge is 2.32. The Kier molecular flexibility index (Phi) is 4.66. The number of carbonyl (C=O) groups is 2. The lowest BCUT2D eigenvalue weighted by Gasteiger charge is -2.40. The van der Waals surface area contributed by atoms with Crippen LogP contribution in [0.25, 0.3) is 0 Å². The van der Waals surface area contributed by atoms with Gasteiger partial charge in [-0.25, -0.2) is 0 Å². The Morgan fingerprint density at radius 2 is 1.83 bits per heavy atom. The molecule has 0 saturated carbocycles. The van der Waals surface area contributed by atoms with E-state index < -0.39 is 0 Å². The average molecular weight is 328 g/mol. The quantitative estimate of drug-likeness (QED) is 0.853. The van der Waals surface area contributed by atoms with E-state index in [2.05, 4.69) is 45.0 Å². The molecule has 2 fully saturated rings. The first-order chi connectivity index (χ1) is 11.3. The molecule has 0 aliphatic carbocycles. The van der Waals surface area contributed by atoms with Crippen LogP contribution >= 0.6 is 0 Å². The number of carbonyl (C=O) groups excluding carboxylic acids is 2. The molecule has 1 aromatic carbocycles. The number of nitrogens with zero attached hydrogens (tertiary/aromatic N) is 2. The molecule has 24 heavy (non-hydrogen) atoms. The second kappa shape index (κ2) is 6.58. The molecule has 1 aromatic rings. The predicted molar refractivity (Wildman–Crippen MR) is 94.9 cm³/mol. The third-order valence-electron chi connectivity index (χ3n) is 5.25. The number of hydrogen-bond donors (Lipinski definition) is 0. The molecule has 2 amide bonds. The van der Waals surface area contributed by atoms with Crippen LogP contribution in [0.4, 0.5) is 0 Å². The minimum atomic E-state index is 0.174. The number of likely N-dealkylation sites (tertiary alicyclic amines) is 2. The van der Waals surface area contributed by atoms with Crippen LogP contribution in [0.15, 0.2) is 24.3 Å². The lowest BCUT2D eigenvalue weighted by Crippen LogP contribution is -2.49. The van der Waals surface area contributed by atoms with Crippen molar-refractivity contribution in [2.75, 3.05) is 26.2 Å². The molecule has 0 spiro atoms. The van der Waals surface area contributed by atoms with Crippen molar-refractivity contribution in [2.24, 2.45) is 0 Å². The van der Waals surface area contributed by atoms with E-state index in [0.717, 1.165) is 26.1 Å². The third-order valence-corrected chi connectivity index (χ3v) is 5.25. The zero-order chi connectivity index (χ0) is 17.3. The summed E-state index contributed by atoms with van der Waals surface area (Å²) in [5.74, 6) is 0.830. The summed E-state index contributed by atoms with van der Waals surface area (Å²) in [6, 6.07) is 8.82. The maximum absolute atomic E-state index is 12.2. The Labute approximate surface area is 144 Å². The van der Waals surface area contributed by atoms with Gasteiger partial charge in [-0.3, -0.25) is 9.59 Å². The van der Waals surface area contributed by atoms with E-state index >= 15 is 0 Å². The Bertz CT molecular complexity index is 610. The maximum Gasteiger partial charge on any atom is 0.224 e. The van der Waals surface area contributed by atoms with Crippen LogP contribution in [-0.2, 0) is 15.0 Å². The van der Waals surface area contributed by atoms with Gasteiger partial charge in [0, 0.05) is 44.9 Å². The van der Waals surface area contributed by atoms with Crippen molar-refractivity contribution in [3.8, 4) is 0 Å². The Morgan fingerprint density at radius 1 is 1.17 bits per heavy atom. The van der Waals surface area contributed by atoms with Crippen LogP contribution in [0.3, 0.4) is 0 Å². The molecule has 0 unspecified atom stereocenters. The van der Waals surface area contributed by atoms with Crippen molar-refractivity contribution in [1.29, 1.82) is 0 Å². The summed E-state index contributed by atoms with van der Waals surface area (Å²) >= 11 is 0. The van der Waals surface area contributed by atoms with Gasteiger partial charge >= 0.3 is 0 Å². The molecule has 0 aromatic heterocycles. The molecular formula is C20H28N2O2. The highest BCUT2D eigenvalue weighted by Crippen LogP contribution is 2.30. The van der Waals surface area contributed by atoms with Gasteiger partial charge in [-0.15, -0.1) is 0 Å². The zero-order valence-corrected chi connectivity index (χ0v) is 15.0. The summed E-state index contributed by atoms with van der Waals surface area (Å²) in [5.41, 5.74) is 2.84. The van der Waals surface area contributed by atoms with Gasteiger partial charge < -0.3 is 9.80 Å². The molecule has 0 atom stereocenters. The van der Waals surface area contributed by atoms with E-state index in [1.54, 1.807) is 0 Å². The highest BCUT2D eigenvalue weighted by molar-refractivity contribution is 5.80. The molecule has 2 aliphatic rings. The van der Waals surface area contributed by atoms with Gasteiger partial charge in [0.05, 0.1) is 0 Å². The van der Waals surface area contributed by atoms with Crippen molar-refractivity contribution in [3.63, 3.8) is 0 Å². The van der Waals surface area contributed by atoms with Gasteiger partial charge in [0.25, 0.3) is 0 Å². The van der Waals surface area contributed by atoms with Gasteiger partial charge in [-0.2, -0.15) is 0 Å². The lowest BCUT2D eigenvalue weighted by atomic mass is 9.84. The lowest BCUT2D eigenvalue weighted by molar-refractivity contribution is -0.136. The number of rotatable bonds is 4. The van der Waals surface area contributed by atoms with Crippen LogP contribution in [0.2, 0.25) is 0 Å². The molecule has 2 heterocycles. The molecule has 4 heteroatoms. The monoisotopic (exact) mass is 328 g/mol.